The zero-order chi connectivity index (χ0) is 17.9. The Morgan fingerprint density at radius 3 is 2.52 bits per heavy atom. The van der Waals surface area contributed by atoms with Crippen molar-refractivity contribution in [2.24, 2.45) is 0 Å². The maximum absolute atomic E-state index is 12.3. The van der Waals surface area contributed by atoms with Crippen LogP contribution in [0.3, 0.4) is 0 Å². The van der Waals surface area contributed by atoms with Gasteiger partial charge in [0.1, 0.15) is 6.04 Å². The molecule has 1 N–H and O–H groups in total. The third-order valence-electron chi connectivity index (χ3n) is 3.37. The van der Waals surface area contributed by atoms with Crippen molar-refractivity contribution >= 4 is 15.7 Å². The minimum Gasteiger partial charge on any atom is -0.459 e. The van der Waals surface area contributed by atoms with Crippen molar-refractivity contribution in [2.75, 3.05) is 6.26 Å². The summed E-state index contributed by atoms with van der Waals surface area (Å²) in [7, 11) is -3.63. The van der Waals surface area contributed by atoms with Gasteiger partial charge in [-0.15, -0.1) is 5.10 Å². The lowest BCUT2D eigenvalue weighted by Crippen LogP contribution is -2.30. The first-order chi connectivity index (χ1) is 11.9. The molecule has 3 aromatic rings. The zero-order valence-electron chi connectivity index (χ0n) is 13.2. The van der Waals surface area contributed by atoms with E-state index in [2.05, 4.69) is 15.5 Å². The first-order valence-corrected chi connectivity index (χ1v) is 9.24. The SMILES string of the molecule is CS(=O)(=O)c1nnc([C@H](Cc2ccccc2)NC(=O)c2ccco2)o1. The van der Waals surface area contributed by atoms with Gasteiger partial charge in [-0.2, -0.15) is 0 Å². The van der Waals surface area contributed by atoms with Crippen LogP contribution in [0, 0.1) is 0 Å². The molecule has 2 heterocycles. The van der Waals surface area contributed by atoms with E-state index in [1.165, 1.54) is 12.3 Å². The molecule has 9 heteroatoms. The third-order valence-corrected chi connectivity index (χ3v) is 4.17. The van der Waals surface area contributed by atoms with E-state index in [4.69, 9.17) is 8.83 Å². The molecule has 0 aliphatic heterocycles. The second kappa shape index (κ2) is 6.89. The summed E-state index contributed by atoms with van der Waals surface area (Å²) < 4.78 is 33.4. The van der Waals surface area contributed by atoms with E-state index < -0.39 is 27.0 Å². The van der Waals surface area contributed by atoms with Gasteiger partial charge in [-0.1, -0.05) is 35.4 Å². The summed E-state index contributed by atoms with van der Waals surface area (Å²) >= 11 is 0. The second-order valence-electron chi connectivity index (χ2n) is 5.37. The van der Waals surface area contributed by atoms with Gasteiger partial charge < -0.3 is 14.2 Å². The van der Waals surface area contributed by atoms with Gasteiger partial charge in [0.05, 0.1) is 6.26 Å². The fourth-order valence-electron chi connectivity index (χ4n) is 2.20. The van der Waals surface area contributed by atoms with Crippen molar-refractivity contribution in [3.05, 3.63) is 65.9 Å². The monoisotopic (exact) mass is 361 g/mol. The van der Waals surface area contributed by atoms with Gasteiger partial charge in [0.2, 0.25) is 15.7 Å². The highest BCUT2D eigenvalue weighted by Gasteiger charge is 2.25. The van der Waals surface area contributed by atoms with Gasteiger partial charge in [-0.3, -0.25) is 4.79 Å². The quantitative estimate of drug-likeness (QED) is 0.711. The number of aromatic nitrogens is 2. The predicted octanol–water partition coefficient (Wildman–Crippen LogP) is 1.78. The Balaban J connectivity index is 1.88. The van der Waals surface area contributed by atoms with Gasteiger partial charge in [0, 0.05) is 12.7 Å². The molecule has 0 spiro atoms. The molecule has 0 saturated carbocycles. The van der Waals surface area contributed by atoms with E-state index in [0.29, 0.717) is 6.42 Å². The minimum absolute atomic E-state index is 0.00387. The Hall–Kier alpha value is -2.94. The number of benzene rings is 1. The molecule has 8 nitrogen and oxygen atoms in total. The van der Waals surface area contributed by atoms with Crippen LogP contribution in [0.2, 0.25) is 0 Å². The summed E-state index contributed by atoms with van der Waals surface area (Å²) in [4.78, 5) is 12.3. The number of carbonyl (C=O) groups is 1. The summed E-state index contributed by atoms with van der Waals surface area (Å²) in [5.41, 5.74) is 0.909. The largest absolute Gasteiger partial charge is 0.459 e. The molecule has 0 aliphatic rings. The van der Waals surface area contributed by atoms with Crippen LogP contribution >= 0.6 is 0 Å². The summed E-state index contributed by atoms with van der Waals surface area (Å²) in [6.45, 7) is 0. The number of nitrogens with zero attached hydrogens (tertiary/aromatic N) is 2. The third kappa shape index (κ3) is 4.13. The first kappa shape index (κ1) is 16.9. The summed E-state index contributed by atoms with van der Waals surface area (Å²) in [5.74, 6) is -0.338. The summed E-state index contributed by atoms with van der Waals surface area (Å²) in [6.07, 6.45) is 2.70. The van der Waals surface area contributed by atoms with Crippen molar-refractivity contribution in [2.45, 2.75) is 17.7 Å². The van der Waals surface area contributed by atoms with Crippen molar-refractivity contribution in [1.29, 1.82) is 0 Å². The highest BCUT2D eigenvalue weighted by atomic mass is 32.2. The van der Waals surface area contributed by atoms with Crippen LogP contribution in [0.25, 0.3) is 0 Å². The van der Waals surface area contributed by atoms with Gasteiger partial charge >= 0.3 is 5.22 Å². The molecule has 0 radical (unpaired) electrons. The van der Waals surface area contributed by atoms with Crippen LogP contribution in [0.1, 0.15) is 28.1 Å². The molecule has 0 bridgehead atoms. The standard InChI is InChI=1S/C16H15N3O5S/c1-25(21,22)16-19-18-15(24-16)12(10-11-6-3-2-4-7-11)17-14(20)13-8-5-9-23-13/h2-9,12H,10H2,1H3,(H,17,20)/t12-/m0/s1. The average Bonchev–Trinajstić information content (AvgIpc) is 3.26. The lowest BCUT2D eigenvalue weighted by molar-refractivity contribution is 0.0901. The van der Waals surface area contributed by atoms with Gasteiger partial charge in [-0.05, 0) is 17.7 Å². The van der Waals surface area contributed by atoms with Crippen LogP contribution in [-0.2, 0) is 16.3 Å². The molecule has 1 aromatic carbocycles. The van der Waals surface area contributed by atoms with Crippen LogP contribution in [0.4, 0.5) is 0 Å². The molecule has 0 fully saturated rings. The predicted molar refractivity (Wildman–Crippen MR) is 86.5 cm³/mol. The number of furan rings is 1. The Morgan fingerprint density at radius 2 is 1.92 bits per heavy atom. The van der Waals surface area contributed by atoms with Crippen LogP contribution in [0.15, 0.2) is 62.8 Å². The average molecular weight is 361 g/mol. The Morgan fingerprint density at radius 1 is 1.16 bits per heavy atom. The van der Waals surface area contributed by atoms with Gasteiger partial charge in [-0.25, -0.2) is 8.42 Å². The fraction of sp³-hybridized carbons (Fsp3) is 0.188. The first-order valence-electron chi connectivity index (χ1n) is 7.35. The molecule has 3 rings (SSSR count). The van der Waals surface area contributed by atoms with Gasteiger partial charge in [0.15, 0.2) is 5.76 Å². The van der Waals surface area contributed by atoms with Crippen LogP contribution in [0.5, 0.6) is 0 Å². The van der Waals surface area contributed by atoms with Crippen LogP contribution < -0.4 is 5.32 Å². The number of nitrogens with one attached hydrogen (secondary N) is 1. The molecule has 0 saturated heterocycles. The topological polar surface area (TPSA) is 115 Å². The lowest BCUT2D eigenvalue weighted by atomic mass is 10.1. The molecule has 2 aromatic heterocycles. The highest BCUT2D eigenvalue weighted by Crippen LogP contribution is 2.20. The molecule has 1 amide bonds. The van der Waals surface area contributed by atoms with E-state index in [1.54, 1.807) is 6.07 Å². The Kier molecular flexibility index (Phi) is 4.66. The molecule has 0 unspecified atom stereocenters. The zero-order valence-corrected chi connectivity index (χ0v) is 14.1. The number of amides is 1. The van der Waals surface area contributed by atoms with Crippen molar-refractivity contribution in [3.8, 4) is 0 Å². The van der Waals surface area contributed by atoms with E-state index in [-0.39, 0.29) is 11.7 Å². The molecular formula is C16H15N3O5S. The van der Waals surface area contributed by atoms with Crippen LogP contribution in [-0.4, -0.2) is 30.8 Å². The van der Waals surface area contributed by atoms with Crippen molar-refractivity contribution in [1.82, 2.24) is 15.5 Å². The van der Waals surface area contributed by atoms with Crippen molar-refractivity contribution < 1.29 is 22.0 Å². The number of rotatable bonds is 6. The van der Waals surface area contributed by atoms with E-state index in [1.807, 2.05) is 30.3 Å². The molecule has 130 valence electrons. The highest BCUT2D eigenvalue weighted by molar-refractivity contribution is 7.90. The second-order valence-corrected chi connectivity index (χ2v) is 7.27. The minimum atomic E-state index is -3.63. The fourth-order valence-corrected chi connectivity index (χ4v) is 2.62. The summed E-state index contributed by atoms with van der Waals surface area (Å²) in [6, 6.07) is 11.7. The maximum Gasteiger partial charge on any atom is 0.335 e. The molecule has 25 heavy (non-hydrogen) atoms. The smallest absolute Gasteiger partial charge is 0.335 e. The molecule has 1 atom stereocenters. The van der Waals surface area contributed by atoms with Crippen molar-refractivity contribution in [3.63, 3.8) is 0 Å². The van der Waals surface area contributed by atoms with E-state index >= 15 is 0 Å². The Bertz CT molecular complexity index is 949. The van der Waals surface area contributed by atoms with Gasteiger partial charge in [0.25, 0.3) is 5.91 Å². The van der Waals surface area contributed by atoms with E-state index in [0.717, 1.165) is 11.8 Å². The van der Waals surface area contributed by atoms with E-state index in [9.17, 15) is 13.2 Å². The lowest BCUT2D eigenvalue weighted by Gasteiger charge is -2.14. The summed E-state index contributed by atoms with van der Waals surface area (Å²) in [5, 5.41) is 9.55. The number of hydrogen-bond acceptors (Lipinski definition) is 7. The Labute approximate surface area is 143 Å². The maximum atomic E-state index is 12.3. The molecular weight excluding hydrogens is 346 g/mol. The number of hydrogen-bond donors (Lipinski definition) is 1. The number of sulfone groups is 1. The normalized spacial score (nSPS) is 12.7. The number of carbonyl (C=O) groups excluding carboxylic acids is 1. The molecule has 0 aliphatic carbocycles.